The van der Waals surface area contributed by atoms with Crippen molar-refractivity contribution < 1.29 is 24.2 Å². The standard InChI is InChI=1S/C27H23BrN2O5S/c1-5-11-35-26(34)24-16(4)29-27(36-24)30-21(17-7-6-8-18(28)13-17)20(23(32)25(30)33)22(31)19-12-14(2)9-10-15(19)3/h5-10,12-13,21,31H,1,11H2,2-4H3/b22-20+. The smallest absolute Gasteiger partial charge is 0.350 e. The third-order valence-corrected chi connectivity index (χ3v) is 7.40. The lowest BCUT2D eigenvalue weighted by molar-refractivity contribution is -0.132. The van der Waals surface area contributed by atoms with E-state index in [0.29, 0.717) is 16.8 Å². The molecule has 184 valence electrons. The van der Waals surface area contributed by atoms with Crippen LogP contribution in [0.2, 0.25) is 0 Å². The Balaban J connectivity index is 1.92. The summed E-state index contributed by atoms with van der Waals surface area (Å²) in [7, 11) is 0. The van der Waals surface area contributed by atoms with Crippen LogP contribution in [-0.2, 0) is 14.3 Å². The van der Waals surface area contributed by atoms with E-state index in [-0.39, 0.29) is 27.9 Å². The number of aliphatic hydroxyl groups excluding tert-OH is 1. The Labute approximate surface area is 220 Å². The lowest BCUT2D eigenvalue weighted by Gasteiger charge is -2.23. The van der Waals surface area contributed by atoms with Crippen LogP contribution >= 0.6 is 27.3 Å². The molecule has 2 heterocycles. The number of hydrogen-bond acceptors (Lipinski definition) is 7. The van der Waals surface area contributed by atoms with Crippen LogP contribution in [0.1, 0.15) is 43.7 Å². The van der Waals surface area contributed by atoms with Crippen molar-refractivity contribution in [2.24, 2.45) is 0 Å². The molecule has 1 amide bonds. The van der Waals surface area contributed by atoms with E-state index in [1.807, 2.05) is 32.0 Å². The Bertz CT molecular complexity index is 1440. The number of ketones is 1. The first-order valence-electron chi connectivity index (χ1n) is 11.0. The molecule has 1 aromatic heterocycles. The minimum absolute atomic E-state index is 0.0317. The van der Waals surface area contributed by atoms with Crippen LogP contribution in [0.5, 0.6) is 0 Å². The molecule has 9 heteroatoms. The van der Waals surface area contributed by atoms with Crippen molar-refractivity contribution in [2.45, 2.75) is 26.8 Å². The maximum atomic E-state index is 13.4. The van der Waals surface area contributed by atoms with Gasteiger partial charge in [-0.05, 0) is 50.1 Å². The molecule has 0 spiro atoms. The minimum Gasteiger partial charge on any atom is -0.507 e. The molecule has 3 aromatic rings. The van der Waals surface area contributed by atoms with Crippen LogP contribution < -0.4 is 4.90 Å². The normalized spacial score (nSPS) is 16.9. The van der Waals surface area contributed by atoms with E-state index in [2.05, 4.69) is 27.5 Å². The molecular formula is C27H23BrN2O5S. The molecule has 1 aliphatic rings. The number of amides is 1. The fourth-order valence-electron chi connectivity index (χ4n) is 4.03. The molecule has 36 heavy (non-hydrogen) atoms. The number of aryl methyl sites for hydroxylation is 3. The highest BCUT2D eigenvalue weighted by atomic mass is 79.9. The monoisotopic (exact) mass is 566 g/mol. The number of ether oxygens (including phenoxy) is 1. The maximum Gasteiger partial charge on any atom is 0.350 e. The number of aliphatic hydroxyl groups is 1. The molecule has 1 unspecified atom stereocenters. The quantitative estimate of drug-likeness (QED) is 0.133. The summed E-state index contributed by atoms with van der Waals surface area (Å²) >= 11 is 4.40. The van der Waals surface area contributed by atoms with Gasteiger partial charge in [-0.25, -0.2) is 9.78 Å². The first-order chi connectivity index (χ1) is 17.1. The van der Waals surface area contributed by atoms with Gasteiger partial charge < -0.3 is 9.84 Å². The van der Waals surface area contributed by atoms with Crippen molar-refractivity contribution in [1.29, 1.82) is 0 Å². The summed E-state index contributed by atoms with van der Waals surface area (Å²) in [6.07, 6.45) is 1.45. The van der Waals surface area contributed by atoms with Gasteiger partial charge in [0.1, 0.15) is 17.2 Å². The SMILES string of the molecule is C=CCOC(=O)c1sc(N2C(=O)C(=O)/C(=C(/O)c3cc(C)ccc3C)C2c2cccc(Br)c2)nc1C. The Morgan fingerprint density at radius 3 is 2.67 bits per heavy atom. The summed E-state index contributed by atoms with van der Waals surface area (Å²) in [5, 5.41) is 11.5. The van der Waals surface area contributed by atoms with Crippen molar-refractivity contribution >= 4 is 55.8 Å². The van der Waals surface area contributed by atoms with E-state index in [4.69, 9.17) is 4.74 Å². The van der Waals surface area contributed by atoms with E-state index in [1.165, 1.54) is 11.0 Å². The molecular weight excluding hydrogens is 544 g/mol. The van der Waals surface area contributed by atoms with Gasteiger partial charge in [0.2, 0.25) is 0 Å². The summed E-state index contributed by atoms with van der Waals surface area (Å²) in [6.45, 7) is 8.90. The second kappa shape index (κ2) is 10.2. The Morgan fingerprint density at radius 2 is 1.97 bits per heavy atom. The summed E-state index contributed by atoms with van der Waals surface area (Å²) in [4.78, 5) is 45.2. The molecule has 0 aliphatic carbocycles. The largest absolute Gasteiger partial charge is 0.507 e. The van der Waals surface area contributed by atoms with Crippen LogP contribution in [0, 0.1) is 20.8 Å². The van der Waals surface area contributed by atoms with Crippen LogP contribution in [0.25, 0.3) is 5.76 Å². The number of nitrogens with zero attached hydrogens (tertiary/aromatic N) is 2. The van der Waals surface area contributed by atoms with E-state index in [9.17, 15) is 19.5 Å². The zero-order chi connectivity index (χ0) is 26.1. The molecule has 1 fully saturated rings. The lowest BCUT2D eigenvalue weighted by atomic mass is 9.93. The molecule has 0 radical (unpaired) electrons. The zero-order valence-electron chi connectivity index (χ0n) is 19.9. The number of carbonyl (C=O) groups excluding carboxylic acids is 3. The number of Topliss-reactive ketones (excluding diaryl/α,β-unsaturated/α-hetero) is 1. The summed E-state index contributed by atoms with van der Waals surface area (Å²) < 4.78 is 5.88. The molecule has 0 bridgehead atoms. The number of carbonyl (C=O) groups is 3. The average molecular weight is 567 g/mol. The van der Waals surface area contributed by atoms with Gasteiger partial charge in [-0.2, -0.15) is 0 Å². The predicted octanol–water partition coefficient (Wildman–Crippen LogP) is 5.80. The molecule has 2 aromatic carbocycles. The van der Waals surface area contributed by atoms with Crippen molar-refractivity contribution in [2.75, 3.05) is 11.5 Å². The van der Waals surface area contributed by atoms with Gasteiger partial charge in [0.25, 0.3) is 5.78 Å². The second-order valence-electron chi connectivity index (χ2n) is 8.34. The fourth-order valence-corrected chi connectivity index (χ4v) is 5.44. The molecule has 1 N–H and O–H groups in total. The van der Waals surface area contributed by atoms with Crippen LogP contribution in [0.4, 0.5) is 5.13 Å². The molecule has 1 atom stereocenters. The van der Waals surface area contributed by atoms with Gasteiger partial charge in [-0.1, -0.05) is 69.8 Å². The predicted molar refractivity (Wildman–Crippen MR) is 142 cm³/mol. The van der Waals surface area contributed by atoms with Gasteiger partial charge >= 0.3 is 11.9 Å². The third-order valence-electron chi connectivity index (χ3n) is 5.77. The number of benzene rings is 2. The van der Waals surface area contributed by atoms with E-state index in [0.717, 1.165) is 26.9 Å². The summed E-state index contributed by atoms with van der Waals surface area (Å²) in [5.41, 5.74) is 3.04. The van der Waals surface area contributed by atoms with Crippen LogP contribution in [-0.4, -0.2) is 34.4 Å². The van der Waals surface area contributed by atoms with Gasteiger partial charge in [-0.15, -0.1) is 0 Å². The number of halogens is 1. The first kappa shape index (κ1) is 25.5. The lowest BCUT2D eigenvalue weighted by Crippen LogP contribution is -2.29. The average Bonchev–Trinajstić information content (AvgIpc) is 3.35. The number of thiazole rings is 1. The zero-order valence-corrected chi connectivity index (χ0v) is 22.3. The molecule has 1 saturated heterocycles. The van der Waals surface area contributed by atoms with Gasteiger partial charge in [-0.3, -0.25) is 14.5 Å². The van der Waals surface area contributed by atoms with Crippen molar-refractivity contribution in [3.05, 3.63) is 98.0 Å². The van der Waals surface area contributed by atoms with E-state index >= 15 is 0 Å². The molecule has 1 aliphatic heterocycles. The number of hydrogen-bond donors (Lipinski definition) is 1. The van der Waals surface area contributed by atoms with Gasteiger partial charge in [0.15, 0.2) is 5.13 Å². The van der Waals surface area contributed by atoms with E-state index < -0.39 is 23.7 Å². The number of esters is 1. The van der Waals surface area contributed by atoms with Crippen molar-refractivity contribution in [3.63, 3.8) is 0 Å². The van der Waals surface area contributed by atoms with Crippen LogP contribution in [0.15, 0.2) is 65.2 Å². The Morgan fingerprint density at radius 1 is 1.22 bits per heavy atom. The van der Waals surface area contributed by atoms with Crippen molar-refractivity contribution in [3.8, 4) is 0 Å². The highest BCUT2D eigenvalue weighted by Gasteiger charge is 2.48. The van der Waals surface area contributed by atoms with Crippen molar-refractivity contribution in [1.82, 2.24) is 4.98 Å². The highest BCUT2D eigenvalue weighted by Crippen LogP contribution is 2.44. The summed E-state index contributed by atoms with van der Waals surface area (Å²) in [5.74, 6) is -2.53. The number of anilines is 1. The molecule has 4 rings (SSSR count). The first-order valence-corrected chi connectivity index (χ1v) is 12.6. The second-order valence-corrected chi connectivity index (χ2v) is 10.2. The van der Waals surface area contributed by atoms with Gasteiger partial charge in [0, 0.05) is 10.0 Å². The number of aromatic nitrogens is 1. The Hall–Kier alpha value is -3.56. The topological polar surface area (TPSA) is 96.8 Å². The fraction of sp³-hybridized carbons (Fsp3) is 0.185. The summed E-state index contributed by atoms with van der Waals surface area (Å²) in [6, 6.07) is 11.7. The maximum absolute atomic E-state index is 13.4. The minimum atomic E-state index is -0.954. The number of rotatable bonds is 6. The van der Waals surface area contributed by atoms with Gasteiger partial charge in [0.05, 0.1) is 17.3 Å². The van der Waals surface area contributed by atoms with E-state index in [1.54, 1.807) is 31.2 Å². The Kier molecular flexibility index (Phi) is 7.23. The molecule has 7 nitrogen and oxygen atoms in total. The highest BCUT2D eigenvalue weighted by molar-refractivity contribution is 9.10. The molecule has 0 saturated carbocycles. The van der Waals surface area contributed by atoms with Crippen LogP contribution in [0.3, 0.4) is 0 Å². The third kappa shape index (κ3) is 4.64.